The molecule has 0 aromatic carbocycles. The first-order valence-electron chi connectivity index (χ1n) is 8.77. The Bertz CT molecular complexity index is 565. The highest BCUT2D eigenvalue weighted by molar-refractivity contribution is 5.94. The zero-order valence-electron chi connectivity index (χ0n) is 14.5. The van der Waals surface area contributed by atoms with Crippen molar-refractivity contribution in [2.45, 2.75) is 52.1 Å². The summed E-state index contributed by atoms with van der Waals surface area (Å²) in [5.74, 6) is 0.674. The second-order valence-electron chi connectivity index (χ2n) is 7.64. The summed E-state index contributed by atoms with van der Waals surface area (Å²) in [4.78, 5) is 15.0. The number of rotatable bonds is 4. The number of fused-ring (bicyclic) bond motifs is 1. The maximum atomic E-state index is 12.5. The summed E-state index contributed by atoms with van der Waals surface area (Å²) < 4.78 is 0. The fourth-order valence-corrected chi connectivity index (χ4v) is 3.64. The van der Waals surface area contributed by atoms with Gasteiger partial charge in [-0.05, 0) is 39.2 Å². The van der Waals surface area contributed by atoms with Crippen LogP contribution in [0.15, 0.2) is 0 Å². The second-order valence-corrected chi connectivity index (χ2v) is 7.64. The van der Waals surface area contributed by atoms with Gasteiger partial charge in [-0.3, -0.25) is 14.8 Å². The molecule has 2 aliphatic rings. The molecule has 1 aromatic rings. The number of amides is 1. The minimum absolute atomic E-state index is 0.0288. The first-order chi connectivity index (χ1) is 11.0. The van der Waals surface area contributed by atoms with E-state index >= 15 is 0 Å². The van der Waals surface area contributed by atoms with E-state index in [0.717, 1.165) is 49.8 Å². The molecule has 128 valence electrons. The van der Waals surface area contributed by atoms with Crippen molar-refractivity contribution in [1.29, 1.82) is 0 Å². The van der Waals surface area contributed by atoms with E-state index in [-0.39, 0.29) is 11.4 Å². The lowest BCUT2D eigenvalue weighted by atomic mass is 9.93. The Morgan fingerprint density at radius 2 is 2.30 bits per heavy atom. The average Bonchev–Trinajstić information content (AvgIpc) is 2.97. The number of hydrogen-bond donors (Lipinski definition) is 3. The van der Waals surface area contributed by atoms with Gasteiger partial charge < -0.3 is 10.6 Å². The van der Waals surface area contributed by atoms with Gasteiger partial charge in [0.2, 0.25) is 0 Å². The molecule has 0 spiro atoms. The van der Waals surface area contributed by atoms with Gasteiger partial charge in [-0.1, -0.05) is 6.92 Å². The third kappa shape index (κ3) is 3.58. The summed E-state index contributed by atoms with van der Waals surface area (Å²) in [5, 5.41) is 13.6. The molecule has 23 heavy (non-hydrogen) atoms. The van der Waals surface area contributed by atoms with E-state index in [1.165, 1.54) is 12.8 Å². The Hall–Kier alpha value is -1.40. The first kappa shape index (κ1) is 16.5. The van der Waals surface area contributed by atoms with E-state index in [4.69, 9.17) is 0 Å². The van der Waals surface area contributed by atoms with E-state index in [1.807, 2.05) is 0 Å². The zero-order valence-corrected chi connectivity index (χ0v) is 14.5. The predicted octanol–water partition coefficient (Wildman–Crippen LogP) is 1.30. The monoisotopic (exact) mass is 319 g/mol. The smallest absolute Gasteiger partial charge is 0.272 e. The van der Waals surface area contributed by atoms with Crippen LogP contribution in [0.1, 0.15) is 55.4 Å². The number of nitrogens with one attached hydrogen (secondary N) is 3. The molecule has 0 radical (unpaired) electrons. The minimum Gasteiger partial charge on any atom is -0.349 e. The SMILES string of the molecule is CC1CCCN(C(C)(C)CNC(=O)c2n[nH]c3c2CNCC3)C1. The van der Waals surface area contributed by atoms with Gasteiger partial charge in [0, 0.05) is 49.4 Å². The number of likely N-dealkylation sites (tertiary alicyclic amines) is 1. The largest absolute Gasteiger partial charge is 0.349 e. The van der Waals surface area contributed by atoms with Gasteiger partial charge in [-0.2, -0.15) is 5.10 Å². The summed E-state index contributed by atoms with van der Waals surface area (Å²) in [7, 11) is 0. The minimum atomic E-state index is -0.0654. The molecule has 1 unspecified atom stereocenters. The van der Waals surface area contributed by atoms with Gasteiger partial charge in [0.25, 0.3) is 5.91 Å². The molecule has 3 heterocycles. The number of nitrogens with zero attached hydrogens (tertiary/aromatic N) is 2. The molecule has 6 nitrogen and oxygen atoms in total. The summed E-state index contributed by atoms with van der Waals surface area (Å²) in [6.45, 7) is 11.3. The topological polar surface area (TPSA) is 73.0 Å². The Kier molecular flexibility index (Phi) is 4.73. The highest BCUT2D eigenvalue weighted by atomic mass is 16.2. The van der Waals surface area contributed by atoms with E-state index in [0.29, 0.717) is 12.2 Å². The van der Waals surface area contributed by atoms with Crippen molar-refractivity contribution in [3.63, 3.8) is 0 Å². The van der Waals surface area contributed by atoms with Crippen molar-refractivity contribution in [3.8, 4) is 0 Å². The molecule has 3 rings (SSSR count). The Morgan fingerprint density at radius 3 is 3.09 bits per heavy atom. The lowest BCUT2D eigenvalue weighted by molar-refractivity contribution is 0.0655. The molecule has 1 fully saturated rings. The van der Waals surface area contributed by atoms with Crippen LogP contribution < -0.4 is 10.6 Å². The highest BCUT2D eigenvalue weighted by Gasteiger charge is 2.31. The zero-order chi connectivity index (χ0) is 16.4. The molecule has 3 N–H and O–H groups in total. The van der Waals surface area contributed by atoms with Crippen LogP contribution in [0.25, 0.3) is 0 Å². The van der Waals surface area contributed by atoms with E-state index in [1.54, 1.807) is 0 Å². The van der Waals surface area contributed by atoms with Gasteiger partial charge in [0.1, 0.15) is 0 Å². The lowest BCUT2D eigenvalue weighted by Crippen LogP contribution is -2.54. The van der Waals surface area contributed by atoms with Gasteiger partial charge in [0.15, 0.2) is 5.69 Å². The summed E-state index contributed by atoms with van der Waals surface area (Å²) in [6, 6.07) is 0. The molecule has 1 aromatic heterocycles. The number of carbonyl (C=O) groups excluding carboxylic acids is 1. The predicted molar refractivity (Wildman–Crippen MR) is 90.4 cm³/mol. The Morgan fingerprint density at radius 1 is 1.48 bits per heavy atom. The van der Waals surface area contributed by atoms with Crippen LogP contribution in [0.4, 0.5) is 0 Å². The quantitative estimate of drug-likeness (QED) is 0.782. The van der Waals surface area contributed by atoms with Crippen molar-refractivity contribution in [3.05, 3.63) is 17.0 Å². The molecule has 6 heteroatoms. The van der Waals surface area contributed by atoms with Crippen LogP contribution in [0.3, 0.4) is 0 Å². The molecular formula is C17H29N5O. The van der Waals surface area contributed by atoms with Crippen LogP contribution in [0.5, 0.6) is 0 Å². The summed E-state index contributed by atoms with van der Waals surface area (Å²) in [5.41, 5.74) is 2.64. The number of piperidine rings is 1. The number of hydrogen-bond acceptors (Lipinski definition) is 4. The van der Waals surface area contributed by atoms with Crippen molar-refractivity contribution >= 4 is 5.91 Å². The van der Waals surface area contributed by atoms with Crippen molar-refractivity contribution in [2.24, 2.45) is 5.92 Å². The van der Waals surface area contributed by atoms with Crippen LogP contribution in [-0.4, -0.2) is 52.7 Å². The molecule has 0 bridgehead atoms. The van der Waals surface area contributed by atoms with E-state index in [9.17, 15) is 4.79 Å². The van der Waals surface area contributed by atoms with Crippen LogP contribution in [0, 0.1) is 5.92 Å². The van der Waals surface area contributed by atoms with Crippen LogP contribution in [0.2, 0.25) is 0 Å². The normalized spacial score (nSPS) is 22.7. The molecule has 1 amide bonds. The fraction of sp³-hybridized carbons (Fsp3) is 0.765. The third-order valence-corrected chi connectivity index (χ3v) is 5.22. The van der Waals surface area contributed by atoms with E-state index < -0.39 is 0 Å². The van der Waals surface area contributed by atoms with Crippen LogP contribution >= 0.6 is 0 Å². The van der Waals surface area contributed by atoms with Gasteiger partial charge in [0.05, 0.1) is 0 Å². The van der Waals surface area contributed by atoms with E-state index in [2.05, 4.69) is 46.5 Å². The third-order valence-electron chi connectivity index (χ3n) is 5.22. The molecule has 1 saturated heterocycles. The van der Waals surface area contributed by atoms with Crippen molar-refractivity contribution in [1.82, 2.24) is 25.7 Å². The number of H-pyrrole nitrogens is 1. The Balaban J connectivity index is 1.61. The molecule has 2 aliphatic heterocycles. The summed E-state index contributed by atoms with van der Waals surface area (Å²) >= 11 is 0. The number of aromatic nitrogens is 2. The molecule has 1 atom stereocenters. The average molecular weight is 319 g/mol. The molecule has 0 saturated carbocycles. The number of carbonyl (C=O) groups is 1. The fourth-order valence-electron chi connectivity index (χ4n) is 3.64. The maximum absolute atomic E-state index is 12.5. The van der Waals surface area contributed by atoms with Crippen molar-refractivity contribution < 1.29 is 4.79 Å². The summed E-state index contributed by atoms with van der Waals surface area (Å²) in [6.07, 6.45) is 3.47. The molecule has 0 aliphatic carbocycles. The lowest BCUT2D eigenvalue weighted by Gasteiger charge is -2.43. The van der Waals surface area contributed by atoms with Crippen molar-refractivity contribution in [2.75, 3.05) is 26.2 Å². The second kappa shape index (κ2) is 6.61. The highest BCUT2D eigenvalue weighted by Crippen LogP contribution is 2.23. The van der Waals surface area contributed by atoms with Crippen LogP contribution in [-0.2, 0) is 13.0 Å². The van der Waals surface area contributed by atoms with Gasteiger partial charge >= 0.3 is 0 Å². The van der Waals surface area contributed by atoms with Gasteiger partial charge in [-0.25, -0.2) is 0 Å². The van der Waals surface area contributed by atoms with Gasteiger partial charge in [-0.15, -0.1) is 0 Å². The first-order valence-corrected chi connectivity index (χ1v) is 8.77. The number of aromatic amines is 1. The molecular weight excluding hydrogens is 290 g/mol. The standard InChI is InChI=1S/C17H29N5O/c1-12-5-4-8-22(10-12)17(2,3)11-19-16(23)15-13-9-18-7-6-14(13)20-21-15/h12,18H,4-11H2,1-3H3,(H,19,23)(H,20,21). The maximum Gasteiger partial charge on any atom is 0.272 e. The Labute approximate surface area is 138 Å².